The molecule has 0 spiro atoms. The van der Waals surface area contributed by atoms with Crippen LogP contribution in [-0.2, 0) is 9.53 Å². The van der Waals surface area contributed by atoms with E-state index in [1.165, 1.54) is 0 Å². The first kappa shape index (κ1) is 17.7. The van der Waals surface area contributed by atoms with Gasteiger partial charge < -0.3 is 19.5 Å². The normalized spacial score (nSPS) is 15.1. The van der Waals surface area contributed by atoms with Crippen molar-refractivity contribution in [3.8, 4) is 11.5 Å². The van der Waals surface area contributed by atoms with Gasteiger partial charge in [-0.2, -0.15) is 0 Å². The van der Waals surface area contributed by atoms with Crippen LogP contribution in [0.25, 0.3) is 11.0 Å². The molecule has 28 heavy (non-hydrogen) atoms. The van der Waals surface area contributed by atoms with Gasteiger partial charge in [-0.05, 0) is 30.3 Å². The molecule has 2 aromatic carbocycles. The lowest BCUT2D eigenvalue weighted by Gasteiger charge is -2.26. The second kappa shape index (κ2) is 7.91. The van der Waals surface area contributed by atoms with Gasteiger partial charge in [0.1, 0.15) is 12.7 Å². The number of carbonyl (C=O) groups is 2. The number of para-hydroxylation sites is 2. The molecule has 1 aliphatic heterocycles. The van der Waals surface area contributed by atoms with E-state index >= 15 is 0 Å². The highest BCUT2D eigenvalue weighted by Gasteiger charge is 2.21. The second-order valence-electron chi connectivity index (χ2n) is 6.14. The number of hydrogen-bond donors (Lipinski definition) is 1. The Hall–Kier alpha value is -3.68. The molecule has 0 saturated heterocycles. The smallest absolute Gasteiger partial charge is 0.338 e. The van der Waals surface area contributed by atoms with Gasteiger partial charge in [-0.15, -0.1) is 0 Å². The molecule has 0 radical (unpaired) electrons. The van der Waals surface area contributed by atoms with Gasteiger partial charge in [-0.1, -0.05) is 12.1 Å². The number of hydrogen-bond acceptors (Lipinski definition) is 7. The SMILES string of the molecule is O=C(COC(=O)c1ccc2nccnc2c1)NC[C@H]1COc2ccccc2O1. The van der Waals surface area contributed by atoms with Gasteiger partial charge in [0.25, 0.3) is 5.91 Å². The summed E-state index contributed by atoms with van der Waals surface area (Å²) in [5.74, 6) is 0.295. The van der Waals surface area contributed by atoms with Crippen molar-refractivity contribution < 1.29 is 23.8 Å². The van der Waals surface area contributed by atoms with Gasteiger partial charge in [0.05, 0.1) is 23.1 Å². The maximum absolute atomic E-state index is 12.1. The molecular formula is C20H17N3O5. The van der Waals surface area contributed by atoms with Crippen LogP contribution >= 0.6 is 0 Å². The molecule has 0 fully saturated rings. The predicted octanol–water partition coefficient (Wildman–Crippen LogP) is 1.74. The number of nitrogens with zero attached hydrogens (tertiary/aromatic N) is 2. The molecule has 1 amide bonds. The molecule has 0 bridgehead atoms. The minimum atomic E-state index is -0.603. The molecule has 1 aliphatic rings. The third kappa shape index (κ3) is 4.01. The van der Waals surface area contributed by atoms with E-state index in [9.17, 15) is 9.59 Å². The molecule has 3 aromatic rings. The van der Waals surface area contributed by atoms with Crippen LogP contribution in [-0.4, -0.2) is 47.7 Å². The van der Waals surface area contributed by atoms with Crippen molar-refractivity contribution in [3.05, 3.63) is 60.4 Å². The number of nitrogens with one attached hydrogen (secondary N) is 1. The molecule has 0 aliphatic carbocycles. The number of fused-ring (bicyclic) bond motifs is 2. The topological polar surface area (TPSA) is 99.6 Å². The van der Waals surface area contributed by atoms with E-state index in [1.54, 1.807) is 36.7 Å². The highest BCUT2D eigenvalue weighted by atomic mass is 16.6. The van der Waals surface area contributed by atoms with Crippen LogP contribution in [0.1, 0.15) is 10.4 Å². The van der Waals surface area contributed by atoms with E-state index in [2.05, 4.69) is 15.3 Å². The van der Waals surface area contributed by atoms with E-state index in [0.29, 0.717) is 34.7 Å². The Labute approximate surface area is 160 Å². The first-order valence-electron chi connectivity index (χ1n) is 8.72. The molecule has 1 N–H and O–H groups in total. The zero-order valence-electron chi connectivity index (χ0n) is 14.8. The van der Waals surface area contributed by atoms with Crippen LogP contribution in [0.3, 0.4) is 0 Å². The van der Waals surface area contributed by atoms with Crippen molar-refractivity contribution in [3.63, 3.8) is 0 Å². The number of aromatic nitrogens is 2. The van der Waals surface area contributed by atoms with Crippen LogP contribution in [0.15, 0.2) is 54.9 Å². The summed E-state index contributed by atoms with van der Waals surface area (Å²) in [7, 11) is 0. The van der Waals surface area contributed by atoms with E-state index in [0.717, 1.165) is 0 Å². The van der Waals surface area contributed by atoms with Crippen molar-refractivity contribution in [1.82, 2.24) is 15.3 Å². The number of benzene rings is 2. The number of amides is 1. The van der Waals surface area contributed by atoms with Gasteiger partial charge in [0, 0.05) is 12.4 Å². The highest BCUT2D eigenvalue weighted by Crippen LogP contribution is 2.30. The molecule has 0 unspecified atom stereocenters. The standard InChI is InChI=1S/C20H17N3O5/c24-19(23-10-14-11-26-17-3-1-2-4-18(17)28-14)12-27-20(25)13-5-6-15-16(9-13)22-8-7-21-15/h1-9,14H,10-12H2,(H,23,24)/t14-/m0/s1. The monoisotopic (exact) mass is 379 g/mol. The molecule has 2 heterocycles. The summed E-state index contributed by atoms with van der Waals surface area (Å²) in [4.78, 5) is 32.4. The first-order chi connectivity index (χ1) is 13.7. The van der Waals surface area contributed by atoms with Crippen molar-refractivity contribution in [2.75, 3.05) is 19.8 Å². The molecule has 1 aromatic heterocycles. The molecule has 1 atom stereocenters. The maximum Gasteiger partial charge on any atom is 0.338 e. The quantitative estimate of drug-likeness (QED) is 0.674. The fourth-order valence-corrected chi connectivity index (χ4v) is 2.75. The average molecular weight is 379 g/mol. The summed E-state index contributed by atoms with van der Waals surface area (Å²) in [6, 6.07) is 12.2. The maximum atomic E-state index is 12.1. The largest absolute Gasteiger partial charge is 0.486 e. The van der Waals surface area contributed by atoms with Crippen LogP contribution in [0, 0.1) is 0 Å². The lowest BCUT2D eigenvalue weighted by atomic mass is 10.2. The number of carbonyl (C=O) groups excluding carboxylic acids is 2. The lowest BCUT2D eigenvalue weighted by Crippen LogP contribution is -2.42. The Kier molecular flexibility index (Phi) is 5.01. The van der Waals surface area contributed by atoms with Gasteiger partial charge in [-0.3, -0.25) is 14.8 Å². The number of rotatable bonds is 5. The van der Waals surface area contributed by atoms with Crippen LogP contribution < -0.4 is 14.8 Å². The highest BCUT2D eigenvalue weighted by molar-refractivity contribution is 5.94. The summed E-state index contributed by atoms with van der Waals surface area (Å²) in [6.07, 6.45) is 2.80. The van der Waals surface area contributed by atoms with Crippen molar-refractivity contribution in [2.24, 2.45) is 0 Å². The number of ether oxygens (including phenoxy) is 3. The van der Waals surface area contributed by atoms with Gasteiger partial charge >= 0.3 is 5.97 Å². The Bertz CT molecular complexity index is 1020. The fraction of sp³-hybridized carbons (Fsp3) is 0.200. The molecule has 0 saturated carbocycles. The fourth-order valence-electron chi connectivity index (χ4n) is 2.75. The van der Waals surface area contributed by atoms with E-state index < -0.39 is 11.9 Å². The zero-order chi connectivity index (χ0) is 19.3. The van der Waals surface area contributed by atoms with Crippen molar-refractivity contribution >= 4 is 22.9 Å². The number of esters is 1. The van der Waals surface area contributed by atoms with Gasteiger partial charge in [0.15, 0.2) is 18.1 Å². The van der Waals surface area contributed by atoms with Crippen LogP contribution in [0.5, 0.6) is 11.5 Å². The lowest BCUT2D eigenvalue weighted by molar-refractivity contribution is -0.124. The zero-order valence-corrected chi connectivity index (χ0v) is 14.8. The van der Waals surface area contributed by atoms with Gasteiger partial charge in [0.2, 0.25) is 0 Å². The summed E-state index contributed by atoms with van der Waals surface area (Å²) >= 11 is 0. The minimum absolute atomic E-state index is 0.246. The van der Waals surface area contributed by atoms with E-state index in [-0.39, 0.29) is 19.3 Å². The Morgan fingerprint density at radius 2 is 1.86 bits per heavy atom. The Morgan fingerprint density at radius 3 is 2.71 bits per heavy atom. The Morgan fingerprint density at radius 1 is 1.07 bits per heavy atom. The molecule has 8 nitrogen and oxygen atoms in total. The minimum Gasteiger partial charge on any atom is -0.486 e. The third-order valence-corrected chi connectivity index (χ3v) is 4.13. The summed E-state index contributed by atoms with van der Waals surface area (Å²) < 4.78 is 16.4. The third-order valence-electron chi connectivity index (χ3n) is 4.13. The van der Waals surface area contributed by atoms with E-state index in [1.807, 2.05) is 18.2 Å². The summed E-state index contributed by atoms with van der Waals surface area (Å²) in [5.41, 5.74) is 1.56. The Balaban J connectivity index is 1.25. The first-order valence-corrected chi connectivity index (χ1v) is 8.72. The van der Waals surface area contributed by atoms with Crippen LogP contribution in [0.4, 0.5) is 0 Å². The second-order valence-corrected chi connectivity index (χ2v) is 6.14. The average Bonchev–Trinajstić information content (AvgIpc) is 2.75. The molecular weight excluding hydrogens is 362 g/mol. The van der Waals surface area contributed by atoms with Crippen molar-refractivity contribution in [1.29, 1.82) is 0 Å². The summed E-state index contributed by atoms with van der Waals surface area (Å²) in [6.45, 7) is 0.187. The van der Waals surface area contributed by atoms with Gasteiger partial charge in [-0.25, -0.2) is 4.79 Å². The van der Waals surface area contributed by atoms with E-state index in [4.69, 9.17) is 14.2 Å². The predicted molar refractivity (Wildman–Crippen MR) is 99.2 cm³/mol. The molecule has 8 heteroatoms. The van der Waals surface area contributed by atoms with Crippen molar-refractivity contribution in [2.45, 2.75) is 6.10 Å². The summed E-state index contributed by atoms with van der Waals surface area (Å²) in [5, 5.41) is 2.68. The molecule has 142 valence electrons. The van der Waals surface area contributed by atoms with Crippen LogP contribution in [0.2, 0.25) is 0 Å². The molecule has 4 rings (SSSR count).